The Morgan fingerprint density at radius 3 is 2.83 bits per heavy atom. The summed E-state index contributed by atoms with van der Waals surface area (Å²) in [5, 5.41) is 0. The van der Waals surface area contributed by atoms with Gasteiger partial charge in [0, 0.05) is 17.7 Å². The zero-order valence-electron chi connectivity index (χ0n) is 7.05. The van der Waals surface area contributed by atoms with Crippen molar-refractivity contribution in [3.8, 4) is 0 Å². The van der Waals surface area contributed by atoms with Crippen molar-refractivity contribution in [2.24, 2.45) is 0 Å². The first-order valence-corrected chi connectivity index (χ1v) is 4.11. The lowest BCUT2D eigenvalue weighted by atomic mass is 10.0. The molecule has 0 radical (unpaired) electrons. The van der Waals surface area contributed by atoms with Crippen molar-refractivity contribution in [3.63, 3.8) is 0 Å². The van der Waals surface area contributed by atoms with E-state index in [9.17, 15) is 4.79 Å². The van der Waals surface area contributed by atoms with Crippen molar-refractivity contribution in [2.75, 3.05) is 5.73 Å². The summed E-state index contributed by atoms with van der Waals surface area (Å²) in [5.41, 5.74) is 9.37. The van der Waals surface area contributed by atoms with Crippen LogP contribution in [0.4, 0.5) is 5.69 Å². The lowest BCUT2D eigenvalue weighted by Gasteiger charge is -2.04. The minimum Gasteiger partial charge on any atom is -0.398 e. The Hall–Kier alpha value is -1.31. The molecular formula is C10H11NO. The highest BCUT2D eigenvalue weighted by Crippen LogP contribution is 2.29. The second-order valence-corrected chi connectivity index (χ2v) is 3.25. The second kappa shape index (κ2) is 2.34. The van der Waals surface area contributed by atoms with Crippen LogP contribution in [0.5, 0.6) is 0 Å². The van der Waals surface area contributed by atoms with Gasteiger partial charge in [-0.25, -0.2) is 0 Å². The van der Waals surface area contributed by atoms with E-state index in [0.29, 0.717) is 12.1 Å². The van der Waals surface area contributed by atoms with E-state index >= 15 is 0 Å². The van der Waals surface area contributed by atoms with Gasteiger partial charge in [0.05, 0.1) is 0 Å². The van der Waals surface area contributed by atoms with Crippen LogP contribution in [0.1, 0.15) is 27.9 Å². The Labute approximate surface area is 71.4 Å². The van der Waals surface area contributed by atoms with E-state index in [0.717, 1.165) is 23.1 Å². The fourth-order valence-corrected chi connectivity index (χ4v) is 1.68. The van der Waals surface area contributed by atoms with Crippen LogP contribution in [0.3, 0.4) is 0 Å². The molecule has 1 aliphatic carbocycles. The number of carbonyl (C=O) groups excluding carboxylic acids is 1. The molecule has 2 rings (SSSR count). The fourth-order valence-electron chi connectivity index (χ4n) is 1.68. The van der Waals surface area contributed by atoms with Crippen LogP contribution in [0, 0.1) is 6.92 Å². The summed E-state index contributed by atoms with van der Waals surface area (Å²) in [7, 11) is 0. The molecule has 1 aromatic rings. The molecule has 12 heavy (non-hydrogen) atoms. The van der Waals surface area contributed by atoms with E-state index in [1.807, 2.05) is 19.1 Å². The highest BCUT2D eigenvalue weighted by atomic mass is 16.1. The number of aryl methyl sites for hydroxylation is 2. The van der Waals surface area contributed by atoms with Gasteiger partial charge >= 0.3 is 0 Å². The van der Waals surface area contributed by atoms with Crippen LogP contribution in [0.15, 0.2) is 12.1 Å². The van der Waals surface area contributed by atoms with Crippen LogP contribution in [-0.2, 0) is 6.42 Å². The molecule has 0 bridgehead atoms. The molecule has 0 unspecified atom stereocenters. The maximum Gasteiger partial charge on any atom is 0.165 e. The van der Waals surface area contributed by atoms with Gasteiger partial charge in [-0.05, 0) is 24.5 Å². The van der Waals surface area contributed by atoms with Crippen LogP contribution in [0.25, 0.3) is 0 Å². The number of benzene rings is 1. The van der Waals surface area contributed by atoms with Crippen molar-refractivity contribution >= 4 is 11.5 Å². The maximum atomic E-state index is 11.4. The third-order valence-electron chi connectivity index (χ3n) is 2.45. The van der Waals surface area contributed by atoms with Crippen LogP contribution >= 0.6 is 0 Å². The molecule has 1 aliphatic rings. The van der Waals surface area contributed by atoms with E-state index < -0.39 is 0 Å². The van der Waals surface area contributed by atoms with Gasteiger partial charge in [-0.3, -0.25) is 4.79 Å². The van der Waals surface area contributed by atoms with Gasteiger partial charge in [0.2, 0.25) is 0 Å². The molecule has 62 valence electrons. The molecule has 1 aromatic carbocycles. The summed E-state index contributed by atoms with van der Waals surface area (Å²) < 4.78 is 0. The first kappa shape index (κ1) is 7.35. The van der Waals surface area contributed by atoms with Crippen LogP contribution in [0.2, 0.25) is 0 Å². The standard InChI is InChI=1S/C10H11NO/c1-6-2-3-7-4-5-8(12)9(7)10(6)11/h2-3H,4-5,11H2,1H3. The molecule has 2 nitrogen and oxygen atoms in total. The summed E-state index contributed by atoms with van der Waals surface area (Å²) in [4.78, 5) is 11.4. The van der Waals surface area contributed by atoms with Crippen molar-refractivity contribution in [2.45, 2.75) is 19.8 Å². The van der Waals surface area contributed by atoms with Crippen molar-refractivity contribution < 1.29 is 4.79 Å². The number of hydrogen-bond acceptors (Lipinski definition) is 2. The van der Waals surface area contributed by atoms with E-state index in [1.54, 1.807) is 0 Å². The highest BCUT2D eigenvalue weighted by Gasteiger charge is 2.22. The highest BCUT2D eigenvalue weighted by molar-refractivity contribution is 6.05. The van der Waals surface area contributed by atoms with Crippen molar-refractivity contribution in [1.29, 1.82) is 0 Å². The fraction of sp³-hybridized carbons (Fsp3) is 0.300. The first-order valence-electron chi connectivity index (χ1n) is 4.11. The average molecular weight is 161 g/mol. The van der Waals surface area contributed by atoms with Gasteiger partial charge in [-0.15, -0.1) is 0 Å². The second-order valence-electron chi connectivity index (χ2n) is 3.25. The quantitative estimate of drug-likeness (QED) is 0.588. The SMILES string of the molecule is Cc1ccc2c(c1N)C(=O)CC2. The molecule has 0 spiro atoms. The molecule has 0 heterocycles. The zero-order valence-corrected chi connectivity index (χ0v) is 7.05. The lowest BCUT2D eigenvalue weighted by molar-refractivity contribution is 0.0995. The Bertz CT molecular complexity index is 355. The van der Waals surface area contributed by atoms with E-state index in [4.69, 9.17) is 5.73 Å². The number of nitrogen functional groups attached to an aromatic ring is 1. The van der Waals surface area contributed by atoms with Gasteiger partial charge in [0.1, 0.15) is 0 Å². The monoisotopic (exact) mass is 161 g/mol. The molecule has 0 fully saturated rings. The third kappa shape index (κ3) is 0.843. The zero-order chi connectivity index (χ0) is 8.72. The van der Waals surface area contributed by atoms with Gasteiger partial charge in [-0.2, -0.15) is 0 Å². The smallest absolute Gasteiger partial charge is 0.165 e. The lowest BCUT2D eigenvalue weighted by Crippen LogP contribution is -2.00. The third-order valence-corrected chi connectivity index (χ3v) is 2.45. The number of hydrogen-bond donors (Lipinski definition) is 1. The van der Waals surface area contributed by atoms with E-state index in [1.165, 1.54) is 0 Å². The summed E-state index contributed by atoms with van der Waals surface area (Å²) in [6.45, 7) is 1.93. The number of nitrogens with two attached hydrogens (primary N) is 1. The Morgan fingerprint density at radius 2 is 2.08 bits per heavy atom. The summed E-state index contributed by atoms with van der Waals surface area (Å²) in [5.74, 6) is 0.200. The number of anilines is 1. The molecule has 0 aromatic heterocycles. The van der Waals surface area contributed by atoms with Gasteiger partial charge in [-0.1, -0.05) is 12.1 Å². The molecular weight excluding hydrogens is 150 g/mol. The Morgan fingerprint density at radius 1 is 1.33 bits per heavy atom. The molecule has 0 amide bonds. The van der Waals surface area contributed by atoms with Gasteiger partial charge < -0.3 is 5.73 Å². The first-order chi connectivity index (χ1) is 5.70. The van der Waals surface area contributed by atoms with Crippen LogP contribution < -0.4 is 5.73 Å². The average Bonchev–Trinajstić information content (AvgIpc) is 2.41. The maximum absolute atomic E-state index is 11.4. The molecule has 0 aliphatic heterocycles. The minimum absolute atomic E-state index is 0.200. The predicted octanol–water partition coefficient (Wildman–Crippen LogP) is 1.71. The van der Waals surface area contributed by atoms with Crippen molar-refractivity contribution in [3.05, 3.63) is 28.8 Å². The molecule has 0 saturated carbocycles. The van der Waals surface area contributed by atoms with Gasteiger partial charge in [0.25, 0.3) is 0 Å². The Balaban J connectivity index is 2.71. The summed E-state index contributed by atoms with van der Waals surface area (Å²) in [6, 6.07) is 3.98. The number of ketones is 1. The minimum atomic E-state index is 0.200. The number of fused-ring (bicyclic) bond motifs is 1. The number of rotatable bonds is 0. The largest absolute Gasteiger partial charge is 0.398 e. The number of carbonyl (C=O) groups is 1. The summed E-state index contributed by atoms with van der Waals surface area (Å²) in [6.07, 6.45) is 1.49. The van der Waals surface area contributed by atoms with E-state index in [2.05, 4.69) is 0 Å². The molecule has 0 saturated heterocycles. The molecule has 2 N–H and O–H groups in total. The van der Waals surface area contributed by atoms with Crippen LogP contribution in [-0.4, -0.2) is 5.78 Å². The van der Waals surface area contributed by atoms with Crippen molar-refractivity contribution in [1.82, 2.24) is 0 Å². The van der Waals surface area contributed by atoms with Gasteiger partial charge in [0.15, 0.2) is 5.78 Å². The predicted molar refractivity (Wildman–Crippen MR) is 48.2 cm³/mol. The molecule has 2 heteroatoms. The molecule has 0 atom stereocenters. The summed E-state index contributed by atoms with van der Waals surface area (Å²) >= 11 is 0. The topological polar surface area (TPSA) is 43.1 Å². The number of Topliss-reactive ketones (excluding diaryl/α,β-unsaturated/α-hetero) is 1. The normalized spacial score (nSPS) is 14.9. The van der Waals surface area contributed by atoms with E-state index in [-0.39, 0.29) is 5.78 Å². The Kier molecular flexibility index (Phi) is 1.43.